The van der Waals surface area contributed by atoms with Gasteiger partial charge >= 0.3 is 0 Å². The van der Waals surface area contributed by atoms with Gasteiger partial charge in [0.2, 0.25) is 11.8 Å². The van der Waals surface area contributed by atoms with Crippen molar-refractivity contribution in [1.29, 1.82) is 0 Å². The highest BCUT2D eigenvalue weighted by Crippen LogP contribution is 2.21. The first-order chi connectivity index (χ1) is 11.5. The Balaban J connectivity index is 2.02. The fourth-order valence-electron chi connectivity index (χ4n) is 2.85. The van der Waals surface area contributed by atoms with E-state index in [1.165, 1.54) is 6.92 Å². The maximum absolute atomic E-state index is 12.7. The van der Waals surface area contributed by atoms with E-state index in [0.717, 1.165) is 19.3 Å². The molecule has 1 aromatic carbocycles. The average Bonchev–Trinajstić information content (AvgIpc) is 3.04. The minimum Gasteiger partial charge on any atom is -0.354 e. The number of carbonyl (C=O) groups excluding carboxylic acids is 3. The molecule has 6 nitrogen and oxygen atoms in total. The van der Waals surface area contributed by atoms with E-state index in [4.69, 9.17) is 0 Å². The zero-order valence-electron chi connectivity index (χ0n) is 14.3. The van der Waals surface area contributed by atoms with Crippen LogP contribution in [0.2, 0.25) is 0 Å². The molecule has 130 valence electrons. The summed E-state index contributed by atoms with van der Waals surface area (Å²) in [4.78, 5) is 37.7. The van der Waals surface area contributed by atoms with Gasteiger partial charge in [0.05, 0.1) is 0 Å². The van der Waals surface area contributed by atoms with Crippen LogP contribution < -0.4 is 10.6 Å². The van der Waals surface area contributed by atoms with Crippen molar-refractivity contribution in [3.63, 3.8) is 0 Å². The highest BCUT2D eigenvalue weighted by atomic mass is 16.2. The van der Waals surface area contributed by atoms with Crippen molar-refractivity contribution in [3.05, 3.63) is 29.8 Å². The van der Waals surface area contributed by atoms with Crippen LogP contribution in [0.1, 0.15) is 49.9 Å². The van der Waals surface area contributed by atoms with Crippen LogP contribution in [0.15, 0.2) is 24.3 Å². The molecule has 0 aliphatic carbocycles. The van der Waals surface area contributed by atoms with Crippen LogP contribution in [0.4, 0.5) is 5.69 Å². The number of hydrogen-bond acceptors (Lipinski definition) is 3. The summed E-state index contributed by atoms with van der Waals surface area (Å²) in [5.74, 6) is -0.362. The van der Waals surface area contributed by atoms with Crippen LogP contribution >= 0.6 is 0 Å². The highest BCUT2D eigenvalue weighted by molar-refractivity contribution is 5.98. The molecule has 0 radical (unpaired) electrons. The van der Waals surface area contributed by atoms with Crippen LogP contribution in [-0.2, 0) is 9.59 Å². The fourth-order valence-corrected chi connectivity index (χ4v) is 2.85. The fraction of sp³-hybridized carbons (Fsp3) is 0.500. The maximum atomic E-state index is 12.7. The van der Waals surface area contributed by atoms with Crippen molar-refractivity contribution in [2.45, 2.75) is 45.6 Å². The van der Waals surface area contributed by atoms with Crippen molar-refractivity contribution in [2.24, 2.45) is 0 Å². The molecule has 24 heavy (non-hydrogen) atoms. The maximum Gasteiger partial charge on any atom is 0.254 e. The van der Waals surface area contributed by atoms with Crippen LogP contribution in [0.5, 0.6) is 0 Å². The SMILES string of the molecule is CCCCNC(=O)C1CCCN1C(=O)c1ccc(NC(C)=O)cc1. The number of rotatable bonds is 6. The number of amides is 3. The van der Waals surface area contributed by atoms with E-state index >= 15 is 0 Å². The standard InChI is InChI=1S/C18H25N3O3/c1-3-4-11-19-17(23)16-6-5-12-21(16)18(24)14-7-9-15(10-8-14)20-13(2)22/h7-10,16H,3-6,11-12H2,1-2H3,(H,19,23)(H,20,22). The molecule has 0 saturated carbocycles. The highest BCUT2D eigenvalue weighted by Gasteiger charge is 2.34. The second-order valence-electron chi connectivity index (χ2n) is 6.06. The molecule has 1 saturated heterocycles. The number of nitrogens with zero attached hydrogens (tertiary/aromatic N) is 1. The predicted molar refractivity (Wildman–Crippen MR) is 92.7 cm³/mol. The second-order valence-corrected chi connectivity index (χ2v) is 6.06. The lowest BCUT2D eigenvalue weighted by molar-refractivity contribution is -0.124. The van der Waals surface area contributed by atoms with Gasteiger partial charge in [0.1, 0.15) is 6.04 Å². The zero-order valence-corrected chi connectivity index (χ0v) is 14.3. The molecule has 1 aliphatic rings. The molecule has 0 bridgehead atoms. The van der Waals surface area contributed by atoms with E-state index in [0.29, 0.717) is 30.8 Å². The predicted octanol–water partition coefficient (Wildman–Crippen LogP) is 2.17. The topological polar surface area (TPSA) is 78.5 Å². The molecule has 1 aliphatic heterocycles. The van der Waals surface area contributed by atoms with Crippen molar-refractivity contribution < 1.29 is 14.4 Å². The molecule has 1 aromatic rings. The van der Waals surface area contributed by atoms with Gasteiger partial charge in [-0.1, -0.05) is 13.3 Å². The van der Waals surface area contributed by atoms with Crippen LogP contribution in [0.3, 0.4) is 0 Å². The lowest BCUT2D eigenvalue weighted by Crippen LogP contribution is -2.46. The first-order valence-electron chi connectivity index (χ1n) is 8.49. The number of nitrogens with one attached hydrogen (secondary N) is 2. The molecule has 1 fully saturated rings. The largest absolute Gasteiger partial charge is 0.354 e. The van der Waals surface area contributed by atoms with Crippen molar-refractivity contribution in [3.8, 4) is 0 Å². The molecule has 3 amide bonds. The molecule has 2 N–H and O–H groups in total. The van der Waals surface area contributed by atoms with Crippen molar-refractivity contribution in [2.75, 3.05) is 18.4 Å². The molecule has 2 rings (SSSR count). The number of hydrogen-bond donors (Lipinski definition) is 2. The van der Waals surface area contributed by atoms with Gasteiger partial charge < -0.3 is 15.5 Å². The van der Waals surface area contributed by atoms with E-state index in [1.807, 2.05) is 0 Å². The molecule has 1 atom stereocenters. The normalized spacial score (nSPS) is 16.8. The van der Waals surface area contributed by atoms with Gasteiger partial charge in [-0.3, -0.25) is 14.4 Å². The Kier molecular flexibility index (Phi) is 6.35. The second kappa shape index (κ2) is 8.47. The Morgan fingerprint density at radius 2 is 1.92 bits per heavy atom. The Bertz CT molecular complexity index is 598. The summed E-state index contributed by atoms with van der Waals surface area (Å²) >= 11 is 0. The zero-order chi connectivity index (χ0) is 17.5. The van der Waals surface area contributed by atoms with E-state index in [1.54, 1.807) is 29.2 Å². The first kappa shape index (κ1) is 18.0. The van der Waals surface area contributed by atoms with Gasteiger partial charge in [-0.05, 0) is 43.5 Å². The molecule has 1 unspecified atom stereocenters. The minimum absolute atomic E-state index is 0.0656. The van der Waals surface area contributed by atoms with Crippen molar-refractivity contribution in [1.82, 2.24) is 10.2 Å². The Labute approximate surface area is 142 Å². The van der Waals surface area contributed by atoms with E-state index in [-0.39, 0.29) is 23.8 Å². The Hall–Kier alpha value is -2.37. The van der Waals surface area contributed by atoms with Gasteiger partial charge in [-0.25, -0.2) is 0 Å². The summed E-state index contributed by atoms with van der Waals surface area (Å²) in [6.07, 6.45) is 3.50. The van der Waals surface area contributed by atoms with Crippen LogP contribution in [-0.4, -0.2) is 41.8 Å². The van der Waals surface area contributed by atoms with Gasteiger partial charge in [-0.15, -0.1) is 0 Å². The van der Waals surface area contributed by atoms with Crippen LogP contribution in [0.25, 0.3) is 0 Å². The van der Waals surface area contributed by atoms with E-state index in [2.05, 4.69) is 17.6 Å². The van der Waals surface area contributed by atoms with Gasteiger partial charge in [0.15, 0.2) is 0 Å². The number of carbonyl (C=O) groups is 3. The first-order valence-corrected chi connectivity index (χ1v) is 8.49. The molecule has 1 heterocycles. The molecule has 0 spiro atoms. The summed E-state index contributed by atoms with van der Waals surface area (Å²) in [7, 11) is 0. The van der Waals surface area contributed by atoms with Crippen LogP contribution in [0, 0.1) is 0 Å². The van der Waals surface area contributed by atoms with Crippen molar-refractivity contribution >= 4 is 23.4 Å². The third-order valence-corrected chi connectivity index (χ3v) is 4.10. The number of likely N-dealkylation sites (tertiary alicyclic amines) is 1. The quantitative estimate of drug-likeness (QED) is 0.784. The summed E-state index contributed by atoms with van der Waals surface area (Å²) in [6, 6.07) is 6.36. The van der Waals surface area contributed by atoms with Gasteiger partial charge in [0, 0.05) is 31.3 Å². The lowest BCUT2D eigenvalue weighted by Gasteiger charge is -2.24. The molecule has 6 heteroatoms. The molecular weight excluding hydrogens is 306 g/mol. The summed E-state index contributed by atoms with van der Waals surface area (Å²) < 4.78 is 0. The molecular formula is C18H25N3O3. The summed E-state index contributed by atoms with van der Waals surface area (Å²) in [5, 5.41) is 5.58. The number of unbranched alkanes of at least 4 members (excludes halogenated alkanes) is 1. The smallest absolute Gasteiger partial charge is 0.254 e. The average molecular weight is 331 g/mol. The Morgan fingerprint density at radius 3 is 2.54 bits per heavy atom. The third-order valence-electron chi connectivity index (χ3n) is 4.10. The third kappa shape index (κ3) is 4.57. The monoisotopic (exact) mass is 331 g/mol. The van der Waals surface area contributed by atoms with Gasteiger partial charge in [0.25, 0.3) is 5.91 Å². The van der Waals surface area contributed by atoms with E-state index < -0.39 is 0 Å². The number of benzene rings is 1. The van der Waals surface area contributed by atoms with Gasteiger partial charge in [-0.2, -0.15) is 0 Å². The summed E-state index contributed by atoms with van der Waals surface area (Å²) in [5.41, 5.74) is 1.17. The minimum atomic E-state index is -0.385. The molecule has 0 aromatic heterocycles. The van der Waals surface area contributed by atoms with E-state index in [9.17, 15) is 14.4 Å². The lowest BCUT2D eigenvalue weighted by atomic mass is 10.1. The summed E-state index contributed by atoms with van der Waals surface area (Å²) in [6.45, 7) is 4.75. The Morgan fingerprint density at radius 1 is 1.21 bits per heavy atom. The number of anilines is 1.